The standard InChI is InChI=1S/C22H26BrN3OS.ClH/c1-5-25(6-2)11-12-26(21(27)17-9-7-8-10-18(17)23)22-24-19-14-15(3)13-16(4)20(19)28-22;/h7-10,13-14H,5-6,11-12H2,1-4H3;1H. The first-order valence-corrected chi connectivity index (χ1v) is 11.2. The number of aromatic nitrogens is 1. The molecule has 0 saturated carbocycles. The number of likely N-dealkylation sites (N-methyl/N-ethyl adjacent to an activating group) is 1. The quantitative estimate of drug-likeness (QED) is 0.397. The Balaban J connectivity index is 0.00000300. The molecule has 29 heavy (non-hydrogen) atoms. The molecule has 3 aromatic rings. The number of carbonyl (C=O) groups excluding carboxylic acids is 1. The fraction of sp³-hybridized carbons (Fsp3) is 0.364. The number of aryl methyl sites for hydroxylation is 2. The summed E-state index contributed by atoms with van der Waals surface area (Å²) in [7, 11) is 0. The Labute approximate surface area is 191 Å². The minimum atomic E-state index is -0.0203. The monoisotopic (exact) mass is 495 g/mol. The second-order valence-corrected chi connectivity index (χ2v) is 8.72. The molecule has 0 aliphatic heterocycles. The number of hydrogen-bond acceptors (Lipinski definition) is 4. The number of halogens is 2. The number of fused-ring (bicyclic) bond motifs is 1. The van der Waals surface area contributed by atoms with Gasteiger partial charge in [0.1, 0.15) is 0 Å². The van der Waals surface area contributed by atoms with Gasteiger partial charge in [0.05, 0.1) is 15.8 Å². The van der Waals surface area contributed by atoms with E-state index in [-0.39, 0.29) is 18.3 Å². The molecule has 1 heterocycles. The van der Waals surface area contributed by atoms with Gasteiger partial charge in [-0.05, 0) is 72.2 Å². The van der Waals surface area contributed by atoms with Crippen molar-refractivity contribution in [1.82, 2.24) is 9.88 Å². The molecular formula is C22H27BrClN3OS. The van der Waals surface area contributed by atoms with Gasteiger partial charge in [0, 0.05) is 17.6 Å². The summed E-state index contributed by atoms with van der Waals surface area (Å²) in [6.07, 6.45) is 0. The lowest BCUT2D eigenvalue weighted by Crippen LogP contribution is -2.39. The van der Waals surface area contributed by atoms with Gasteiger partial charge in [0.2, 0.25) is 0 Å². The van der Waals surface area contributed by atoms with Gasteiger partial charge in [-0.25, -0.2) is 4.98 Å². The number of rotatable bonds is 7. The van der Waals surface area contributed by atoms with Crippen LogP contribution in [0.15, 0.2) is 40.9 Å². The van der Waals surface area contributed by atoms with Crippen LogP contribution in [-0.2, 0) is 0 Å². The average Bonchev–Trinajstić information content (AvgIpc) is 3.09. The SMILES string of the molecule is CCN(CC)CCN(C(=O)c1ccccc1Br)c1nc2cc(C)cc(C)c2s1.Cl. The molecule has 0 aliphatic rings. The van der Waals surface area contributed by atoms with E-state index in [9.17, 15) is 4.79 Å². The van der Waals surface area contributed by atoms with E-state index >= 15 is 0 Å². The van der Waals surface area contributed by atoms with Crippen LogP contribution in [0, 0.1) is 13.8 Å². The van der Waals surface area contributed by atoms with Crippen LogP contribution in [-0.4, -0.2) is 42.0 Å². The van der Waals surface area contributed by atoms with Crippen LogP contribution >= 0.6 is 39.7 Å². The maximum absolute atomic E-state index is 13.4. The van der Waals surface area contributed by atoms with Crippen molar-refractivity contribution in [1.29, 1.82) is 0 Å². The first-order valence-electron chi connectivity index (χ1n) is 9.61. The Kier molecular flexibility index (Phi) is 8.64. The first-order chi connectivity index (χ1) is 13.4. The molecule has 0 N–H and O–H groups in total. The Morgan fingerprint density at radius 3 is 2.45 bits per heavy atom. The van der Waals surface area contributed by atoms with Crippen molar-refractivity contribution < 1.29 is 4.79 Å². The average molecular weight is 497 g/mol. The molecule has 0 spiro atoms. The molecule has 7 heteroatoms. The fourth-order valence-electron chi connectivity index (χ4n) is 3.33. The zero-order valence-electron chi connectivity index (χ0n) is 17.2. The van der Waals surface area contributed by atoms with E-state index in [0.29, 0.717) is 12.1 Å². The number of amides is 1. The van der Waals surface area contributed by atoms with Gasteiger partial charge in [-0.15, -0.1) is 12.4 Å². The molecule has 0 fully saturated rings. The summed E-state index contributed by atoms with van der Waals surface area (Å²) in [4.78, 5) is 22.4. The molecular weight excluding hydrogens is 470 g/mol. The number of benzene rings is 2. The second-order valence-electron chi connectivity index (χ2n) is 6.89. The van der Waals surface area contributed by atoms with Crippen LogP contribution in [0.2, 0.25) is 0 Å². The van der Waals surface area contributed by atoms with Crippen molar-refractivity contribution in [2.24, 2.45) is 0 Å². The van der Waals surface area contributed by atoms with Gasteiger partial charge in [-0.2, -0.15) is 0 Å². The summed E-state index contributed by atoms with van der Waals surface area (Å²) in [5.74, 6) is -0.0203. The Bertz CT molecular complexity index is 987. The van der Waals surface area contributed by atoms with Crippen LogP contribution in [0.25, 0.3) is 10.2 Å². The Hall–Kier alpha value is -1.47. The van der Waals surface area contributed by atoms with Crippen molar-refractivity contribution in [3.8, 4) is 0 Å². The van der Waals surface area contributed by atoms with E-state index in [4.69, 9.17) is 4.98 Å². The predicted octanol–water partition coefficient (Wildman–Crippen LogP) is 6.09. The summed E-state index contributed by atoms with van der Waals surface area (Å²) in [6.45, 7) is 11.8. The summed E-state index contributed by atoms with van der Waals surface area (Å²) in [5.41, 5.74) is 4.02. The highest BCUT2D eigenvalue weighted by atomic mass is 79.9. The minimum absolute atomic E-state index is 0. The summed E-state index contributed by atoms with van der Waals surface area (Å²) in [6, 6.07) is 11.8. The number of carbonyl (C=O) groups is 1. The molecule has 1 amide bonds. The van der Waals surface area contributed by atoms with Gasteiger partial charge in [-0.3, -0.25) is 9.69 Å². The van der Waals surface area contributed by atoms with E-state index in [1.165, 1.54) is 11.1 Å². The van der Waals surface area contributed by atoms with Crippen LogP contribution in [0.5, 0.6) is 0 Å². The van der Waals surface area contributed by atoms with E-state index in [2.05, 4.69) is 60.7 Å². The van der Waals surface area contributed by atoms with Gasteiger partial charge < -0.3 is 4.90 Å². The third-order valence-electron chi connectivity index (χ3n) is 4.92. The summed E-state index contributed by atoms with van der Waals surface area (Å²) >= 11 is 5.12. The van der Waals surface area contributed by atoms with Gasteiger partial charge in [-0.1, -0.05) is 43.4 Å². The number of thiazole rings is 1. The van der Waals surface area contributed by atoms with Crippen LogP contribution in [0.4, 0.5) is 5.13 Å². The van der Waals surface area contributed by atoms with Crippen molar-refractivity contribution >= 4 is 60.9 Å². The Morgan fingerprint density at radius 1 is 1.10 bits per heavy atom. The van der Waals surface area contributed by atoms with Gasteiger partial charge in [0.25, 0.3) is 5.91 Å². The van der Waals surface area contributed by atoms with Crippen molar-refractivity contribution in [3.63, 3.8) is 0 Å². The third kappa shape index (κ3) is 5.37. The van der Waals surface area contributed by atoms with Gasteiger partial charge in [0.15, 0.2) is 5.13 Å². The maximum atomic E-state index is 13.4. The van der Waals surface area contributed by atoms with E-state index in [1.54, 1.807) is 11.3 Å². The molecule has 0 bridgehead atoms. The van der Waals surface area contributed by atoms with Crippen LogP contribution in [0.1, 0.15) is 35.3 Å². The fourth-order valence-corrected chi connectivity index (χ4v) is 4.82. The number of nitrogens with zero attached hydrogens (tertiary/aromatic N) is 3. The lowest BCUT2D eigenvalue weighted by molar-refractivity contribution is 0.0983. The highest BCUT2D eigenvalue weighted by Crippen LogP contribution is 2.33. The zero-order valence-corrected chi connectivity index (χ0v) is 20.5. The zero-order chi connectivity index (χ0) is 20.3. The maximum Gasteiger partial charge on any atom is 0.261 e. The van der Waals surface area contributed by atoms with E-state index in [0.717, 1.165) is 39.5 Å². The van der Waals surface area contributed by atoms with Crippen LogP contribution < -0.4 is 4.90 Å². The second kappa shape index (κ2) is 10.5. The lowest BCUT2D eigenvalue weighted by Gasteiger charge is -2.25. The molecule has 1 aromatic heterocycles. The molecule has 2 aromatic carbocycles. The highest BCUT2D eigenvalue weighted by molar-refractivity contribution is 9.10. The normalized spacial score (nSPS) is 11.0. The molecule has 0 saturated heterocycles. The summed E-state index contributed by atoms with van der Waals surface area (Å²) < 4.78 is 1.95. The molecule has 156 valence electrons. The molecule has 0 unspecified atom stereocenters. The van der Waals surface area contributed by atoms with Crippen molar-refractivity contribution in [3.05, 3.63) is 57.6 Å². The minimum Gasteiger partial charge on any atom is -0.302 e. The predicted molar refractivity (Wildman–Crippen MR) is 130 cm³/mol. The molecule has 4 nitrogen and oxygen atoms in total. The molecule has 0 aliphatic carbocycles. The first kappa shape index (κ1) is 23.8. The summed E-state index contributed by atoms with van der Waals surface area (Å²) in [5, 5.41) is 0.761. The van der Waals surface area contributed by atoms with E-state index < -0.39 is 0 Å². The third-order valence-corrected chi connectivity index (χ3v) is 6.84. The van der Waals surface area contributed by atoms with E-state index in [1.807, 2.05) is 29.2 Å². The van der Waals surface area contributed by atoms with Crippen molar-refractivity contribution in [2.75, 3.05) is 31.1 Å². The molecule has 0 radical (unpaired) electrons. The number of hydrogen-bond donors (Lipinski definition) is 0. The number of anilines is 1. The molecule has 3 rings (SSSR count). The highest BCUT2D eigenvalue weighted by Gasteiger charge is 2.23. The van der Waals surface area contributed by atoms with Gasteiger partial charge >= 0.3 is 0 Å². The Morgan fingerprint density at radius 2 is 1.79 bits per heavy atom. The molecule has 0 atom stereocenters. The largest absolute Gasteiger partial charge is 0.302 e. The van der Waals surface area contributed by atoms with Crippen LogP contribution in [0.3, 0.4) is 0 Å². The lowest BCUT2D eigenvalue weighted by atomic mass is 10.1. The smallest absolute Gasteiger partial charge is 0.261 e. The topological polar surface area (TPSA) is 36.4 Å². The van der Waals surface area contributed by atoms with Crippen molar-refractivity contribution in [2.45, 2.75) is 27.7 Å².